The number of aromatic nitrogens is 5. The maximum Gasteiger partial charge on any atom is 0.230 e. The van der Waals surface area contributed by atoms with Crippen LogP contribution in [-0.4, -0.2) is 43.7 Å². The Morgan fingerprint density at radius 2 is 2.19 bits per heavy atom. The van der Waals surface area contributed by atoms with E-state index in [2.05, 4.69) is 46.2 Å². The Balaban J connectivity index is 1.55. The van der Waals surface area contributed by atoms with E-state index in [0.717, 1.165) is 36.2 Å². The summed E-state index contributed by atoms with van der Waals surface area (Å²) in [4.78, 5) is 27.7. The first kappa shape index (κ1) is 18.1. The minimum absolute atomic E-state index is 0.0509. The molecular formula is C17H17BrClN7O. The Morgan fingerprint density at radius 1 is 1.33 bits per heavy atom. The summed E-state index contributed by atoms with van der Waals surface area (Å²) in [5.74, 6) is 1.09. The molecule has 3 aromatic heterocycles. The van der Waals surface area contributed by atoms with E-state index in [4.69, 9.17) is 11.6 Å². The number of carbonyl (C=O) groups is 1. The third-order valence-corrected chi connectivity index (χ3v) is 5.41. The van der Waals surface area contributed by atoms with E-state index in [-0.39, 0.29) is 11.8 Å². The monoisotopic (exact) mass is 449 g/mol. The van der Waals surface area contributed by atoms with Gasteiger partial charge in [-0.15, -0.1) is 0 Å². The molecule has 27 heavy (non-hydrogen) atoms. The van der Waals surface area contributed by atoms with Crippen molar-refractivity contribution in [2.75, 3.05) is 23.3 Å². The lowest BCUT2D eigenvalue weighted by Gasteiger charge is -2.33. The second kappa shape index (κ2) is 7.40. The SMILES string of the molecule is Cn1nc(Br)c2c(N3CCCC(C(=O)Nc4ccc(Cl)cn4)C3)ncnc21. The zero-order valence-electron chi connectivity index (χ0n) is 14.6. The van der Waals surface area contributed by atoms with Gasteiger partial charge in [0.1, 0.15) is 22.6 Å². The molecule has 8 nitrogen and oxygen atoms in total. The van der Waals surface area contributed by atoms with Crippen molar-refractivity contribution in [3.05, 3.63) is 34.3 Å². The summed E-state index contributed by atoms with van der Waals surface area (Å²) < 4.78 is 2.41. The van der Waals surface area contributed by atoms with E-state index >= 15 is 0 Å². The number of hydrogen-bond acceptors (Lipinski definition) is 6. The summed E-state index contributed by atoms with van der Waals surface area (Å²) in [6.45, 7) is 1.41. The highest BCUT2D eigenvalue weighted by molar-refractivity contribution is 9.10. The number of carbonyl (C=O) groups excluding carboxylic acids is 1. The molecule has 1 aliphatic heterocycles. The Morgan fingerprint density at radius 3 is 2.96 bits per heavy atom. The summed E-state index contributed by atoms with van der Waals surface area (Å²) in [6, 6.07) is 3.40. The highest BCUT2D eigenvalue weighted by atomic mass is 79.9. The van der Waals surface area contributed by atoms with Crippen molar-refractivity contribution in [2.45, 2.75) is 12.8 Å². The van der Waals surface area contributed by atoms with Gasteiger partial charge in [-0.25, -0.2) is 19.6 Å². The molecule has 4 heterocycles. The van der Waals surface area contributed by atoms with Gasteiger partial charge in [-0.1, -0.05) is 11.6 Å². The molecule has 1 fully saturated rings. The maximum atomic E-state index is 12.7. The summed E-state index contributed by atoms with van der Waals surface area (Å²) in [5.41, 5.74) is 0.754. The minimum Gasteiger partial charge on any atom is -0.355 e. The van der Waals surface area contributed by atoms with Crippen LogP contribution in [0.1, 0.15) is 12.8 Å². The largest absolute Gasteiger partial charge is 0.355 e. The summed E-state index contributed by atoms with van der Waals surface area (Å²) in [6.07, 6.45) is 4.77. The first-order valence-corrected chi connectivity index (χ1v) is 9.70. The van der Waals surface area contributed by atoms with Gasteiger partial charge in [0.25, 0.3) is 0 Å². The number of hydrogen-bond donors (Lipinski definition) is 1. The van der Waals surface area contributed by atoms with Crippen LogP contribution in [0.5, 0.6) is 0 Å². The predicted molar refractivity (Wildman–Crippen MR) is 107 cm³/mol. The zero-order chi connectivity index (χ0) is 19.0. The molecule has 0 spiro atoms. The first-order valence-electron chi connectivity index (χ1n) is 8.53. The highest BCUT2D eigenvalue weighted by Crippen LogP contribution is 2.32. The van der Waals surface area contributed by atoms with Gasteiger partial charge in [-0.3, -0.25) is 4.79 Å². The molecule has 1 N–H and O–H groups in total. The fourth-order valence-electron chi connectivity index (χ4n) is 3.33. The lowest BCUT2D eigenvalue weighted by atomic mass is 9.97. The fraction of sp³-hybridized carbons (Fsp3) is 0.353. The molecule has 4 rings (SSSR count). The number of anilines is 2. The summed E-state index contributed by atoms with van der Waals surface area (Å²) >= 11 is 9.33. The van der Waals surface area contributed by atoms with Crippen molar-refractivity contribution in [1.82, 2.24) is 24.7 Å². The maximum absolute atomic E-state index is 12.7. The quantitative estimate of drug-likeness (QED) is 0.660. The van der Waals surface area contributed by atoms with Gasteiger partial charge < -0.3 is 10.2 Å². The summed E-state index contributed by atoms with van der Waals surface area (Å²) in [5, 5.41) is 8.63. The van der Waals surface area contributed by atoms with E-state index in [1.165, 1.54) is 12.5 Å². The Labute approximate surface area is 169 Å². The van der Waals surface area contributed by atoms with Crippen LogP contribution in [-0.2, 0) is 11.8 Å². The van der Waals surface area contributed by atoms with Crippen LogP contribution >= 0.6 is 27.5 Å². The molecule has 1 saturated heterocycles. The molecule has 1 aliphatic rings. The van der Waals surface area contributed by atoms with E-state index in [1.807, 2.05) is 7.05 Å². The second-order valence-corrected chi connectivity index (χ2v) is 7.63. The molecule has 0 bridgehead atoms. The molecule has 1 unspecified atom stereocenters. The van der Waals surface area contributed by atoms with Crippen LogP contribution in [0.3, 0.4) is 0 Å². The predicted octanol–water partition coefficient (Wildman–Crippen LogP) is 3.03. The number of amides is 1. The van der Waals surface area contributed by atoms with Gasteiger partial charge in [-0.2, -0.15) is 5.10 Å². The van der Waals surface area contributed by atoms with Gasteiger partial charge in [0.15, 0.2) is 5.65 Å². The minimum atomic E-state index is -0.156. The van der Waals surface area contributed by atoms with Crippen LogP contribution in [0.4, 0.5) is 11.6 Å². The van der Waals surface area contributed by atoms with Gasteiger partial charge in [0.05, 0.1) is 16.3 Å². The highest BCUT2D eigenvalue weighted by Gasteiger charge is 2.29. The third-order valence-electron chi connectivity index (χ3n) is 4.63. The topological polar surface area (TPSA) is 88.8 Å². The first-order chi connectivity index (χ1) is 13.0. The molecule has 1 amide bonds. The van der Waals surface area contributed by atoms with Gasteiger partial charge in [0, 0.05) is 26.3 Å². The van der Waals surface area contributed by atoms with Crippen molar-refractivity contribution in [2.24, 2.45) is 13.0 Å². The van der Waals surface area contributed by atoms with Gasteiger partial charge >= 0.3 is 0 Å². The lowest BCUT2D eigenvalue weighted by molar-refractivity contribution is -0.120. The molecule has 0 aliphatic carbocycles. The second-order valence-electron chi connectivity index (χ2n) is 6.45. The Bertz CT molecular complexity index is 991. The molecule has 1 atom stereocenters. The Hall–Kier alpha value is -2.26. The normalized spacial score (nSPS) is 17.3. The molecule has 0 saturated carbocycles. The van der Waals surface area contributed by atoms with Crippen LogP contribution < -0.4 is 10.2 Å². The van der Waals surface area contributed by atoms with Crippen molar-refractivity contribution < 1.29 is 4.79 Å². The van der Waals surface area contributed by atoms with Crippen molar-refractivity contribution in [1.29, 1.82) is 0 Å². The van der Waals surface area contributed by atoms with Gasteiger partial charge in [0.2, 0.25) is 5.91 Å². The van der Waals surface area contributed by atoms with E-state index in [9.17, 15) is 4.79 Å². The Kier molecular flexibility index (Phi) is 4.96. The molecule has 0 aromatic carbocycles. The smallest absolute Gasteiger partial charge is 0.230 e. The standard InChI is InChI=1S/C17H17BrClN7O/c1-25-15-13(14(18)24-25)16(22-9-21-15)26-6-2-3-10(8-26)17(27)23-12-5-4-11(19)7-20-12/h4-5,7,9-10H,2-3,6,8H2,1H3,(H,20,23,27). The molecule has 10 heteroatoms. The number of aryl methyl sites for hydroxylation is 1. The number of nitrogens with one attached hydrogen (secondary N) is 1. The molecule has 140 valence electrons. The average molecular weight is 451 g/mol. The molecular weight excluding hydrogens is 434 g/mol. The van der Waals surface area contributed by atoms with Crippen molar-refractivity contribution >= 4 is 56.1 Å². The zero-order valence-corrected chi connectivity index (χ0v) is 16.9. The number of fused-ring (bicyclic) bond motifs is 1. The lowest BCUT2D eigenvalue weighted by Crippen LogP contribution is -2.41. The number of piperidine rings is 1. The van der Waals surface area contributed by atoms with E-state index in [1.54, 1.807) is 16.8 Å². The average Bonchev–Trinajstić information content (AvgIpc) is 2.98. The number of halogens is 2. The number of rotatable bonds is 3. The fourth-order valence-corrected chi connectivity index (χ4v) is 4.03. The van der Waals surface area contributed by atoms with Crippen LogP contribution in [0.2, 0.25) is 5.02 Å². The summed E-state index contributed by atoms with van der Waals surface area (Å²) in [7, 11) is 1.84. The molecule has 0 radical (unpaired) electrons. The van der Waals surface area contributed by atoms with E-state index < -0.39 is 0 Å². The number of pyridine rings is 1. The van der Waals surface area contributed by atoms with Crippen LogP contribution in [0.15, 0.2) is 29.3 Å². The van der Waals surface area contributed by atoms with Gasteiger partial charge in [-0.05, 0) is 40.9 Å². The van der Waals surface area contributed by atoms with Crippen molar-refractivity contribution in [3.63, 3.8) is 0 Å². The van der Waals surface area contributed by atoms with Crippen molar-refractivity contribution in [3.8, 4) is 0 Å². The number of nitrogens with zero attached hydrogens (tertiary/aromatic N) is 6. The van der Waals surface area contributed by atoms with E-state index in [0.29, 0.717) is 22.0 Å². The third kappa shape index (κ3) is 3.61. The molecule has 3 aromatic rings. The van der Waals surface area contributed by atoms with Crippen LogP contribution in [0, 0.1) is 5.92 Å². The van der Waals surface area contributed by atoms with Crippen LogP contribution in [0.25, 0.3) is 11.0 Å².